The van der Waals surface area contributed by atoms with Crippen molar-refractivity contribution in [2.24, 2.45) is 7.05 Å². The normalized spacial score (nSPS) is 16.3. The molecule has 1 aliphatic rings. The van der Waals surface area contributed by atoms with E-state index in [4.69, 9.17) is 0 Å². The van der Waals surface area contributed by atoms with Crippen LogP contribution in [0.5, 0.6) is 0 Å². The van der Waals surface area contributed by atoms with Gasteiger partial charge in [0.15, 0.2) is 5.82 Å². The molecule has 90 valence electrons. The van der Waals surface area contributed by atoms with Crippen molar-refractivity contribution in [1.29, 1.82) is 0 Å². The average Bonchev–Trinajstić information content (AvgIpc) is 2.85. The first kappa shape index (κ1) is 10.5. The molecule has 5 nitrogen and oxygen atoms in total. The summed E-state index contributed by atoms with van der Waals surface area (Å²) in [4.78, 5) is 0. The second kappa shape index (κ2) is 4.31. The zero-order chi connectivity index (χ0) is 11.7. The molecule has 2 aromatic rings. The van der Waals surface area contributed by atoms with E-state index in [1.807, 2.05) is 19.4 Å². The van der Waals surface area contributed by atoms with Gasteiger partial charge in [0.2, 0.25) is 0 Å². The maximum Gasteiger partial charge on any atom is 0.167 e. The fraction of sp³-hybridized carbons (Fsp3) is 0.583. The molecule has 17 heavy (non-hydrogen) atoms. The Morgan fingerprint density at radius 2 is 2.00 bits per heavy atom. The van der Waals surface area contributed by atoms with Gasteiger partial charge in [-0.3, -0.25) is 4.68 Å². The largest absolute Gasteiger partial charge is 0.311 e. The number of hydrogen-bond donors (Lipinski definition) is 0. The van der Waals surface area contributed by atoms with Gasteiger partial charge >= 0.3 is 0 Å². The van der Waals surface area contributed by atoms with Crippen LogP contribution in [0, 0.1) is 0 Å². The molecule has 0 bridgehead atoms. The van der Waals surface area contributed by atoms with E-state index in [9.17, 15) is 0 Å². The predicted octanol–water partition coefficient (Wildman–Crippen LogP) is 1.80. The standard InChI is InChI=1S/C12H17N5/c1-16-9-10(8-13-16)12-15-14-11-6-4-2-3-5-7-17(11)12/h8-9H,2-7H2,1H3. The minimum Gasteiger partial charge on any atom is -0.311 e. The molecular weight excluding hydrogens is 214 g/mol. The van der Waals surface area contributed by atoms with Gasteiger partial charge in [-0.05, 0) is 12.8 Å². The average molecular weight is 231 g/mol. The molecule has 0 fully saturated rings. The summed E-state index contributed by atoms with van der Waals surface area (Å²) < 4.78 is 4.07. The summed E-state index contributed by atoms with van der Waals surface area (Å²) in [5.41, 5.74) is 1.06. The van der Waals surface area contributed by atoms with Crippen molar-refractivity contribution in [3.8, 4) is 11.4 Å². The van der Waals surface area contributed by atoms with Crippen LogP contribution in [-0.2, 0) is 20.0 Å². The van der Waals surface area contributed by atoms with E-state index in [0.717, 1.165) is 30.2 Å². The highest BCUT2D eigenvalue weighted by Gasteiger charge is 2.15. The third-order valence-corrected chi connectivity index (χ3v) is 3.32. The highest BCUT2D eigenvalue weighted by molar-refractivity contribution is 5.52. The molecule has 0 saturated heterocycles. The minimum atomic E-state index is 0.968. The summed E-state index contributed by atoms with van der Waals surface area (Å²) in [5, 5.41) is 12.8. The second-order valence-corrected chi connectivity index (χ2v) is 4.66. The van der Waals surface area contributed by atoms with Gasteiger partial charge in [-0.25, -0.2) is 0 Å². The van der Waals surface area contributed by atoms with Crippen LogP contribution in [0.2, 0.25) is 0 Å². The molecule has 2 aromatic heterocycles. The Morgan fingerprint density at radius 1 is 1.12 bits per heavy atom. The van der Waals surface area contributed by atoms with Crippen LogP contribution >= 0.6 is 0 Å². The lowest BCUT2D eigenvalue weighted by Crippen LogP contribution is -2.08. The summed E-state index contributed by atoms with van der Waals surface area (Å²) in [6, 6.07) is 0. The molecule has 5 heteroatoms. The Labute approximate surface area is 100 Å². The first-order valence-corrected chi connectivity index (χ1v) is 6.26. The zero-order valence-corrected chi connectivity index (χ0v) is 10.1. The number of nitrogens with zero attached hydrogens (tertiary/aromatic N) is 5. The third-order valence-electron chi connectivity index (χ3n) is 3.32. The molecule has 0 saturated carbocycles. The van der Waals surface area contributed by atoms with Gasteiger partial charge in [-0.1, -0.05) is 12.8 Å². The summed E-state index contributed by atoms with van der Waals surface area (Å²) in [7, 11) is 1.92. The fourth-order valence-electron chi connectivity index (χ4n) is 2.41. The van der Waals surface area contributed by atoms with E-state index < -0.39 is 0 Å². The SMILES string of the molecule is Cn1cc(-c2nnc3n2CCCCCC3)cn1. The first-order chi connectivity index (χ1) is 8.34. The van der Waals surface area contributed by atoms with Gasteiger partial charge in [-0.15, -0.1) is 10.2 Å². The lowest BCUT2D eigenvalue weighted by Gasteiger charge is -2.12. The maximum atomic E-state index is 4.32. The van der Waals surface area contributed by atoms with Crippen molar-refractivity contribution in [3.63, 3.8) is 0 Å². The Kier molecular flexibility index (Phi) is 2.66. The van der Waals surface area contributed by atoms with E-state index in [1.165, 1.54) is 25.7 Å². The van der Waals surface area contributed by atoms with Crippen LogP contribution in [0.3, 0.4) is 0 Å². The van der Waals surface area contributed by atoms with Crippen LogP contribution in [0.4, 0.5) is 0 Å². The molecule has 3 rings (SSSR count). The summed E-state index contributed by atoms with van der Waals surface area (Å²) in [6.07, 6.45) is 9.97. The lowest BCUT2D eigenvalue weighted by molar-refractivity contribution is 0.518. The molecule has 0 aliphatic carbocycles. The number of aromatic nitrogens is 5. The molecule has 1 aliphatic heterocycles. The van der Waals surface area contributed by atoms with Crippen LogP contribution in [0.15, 0.2) is 12.4 Å². The quantitative estimate of drug-likeness (QED) is 0.752. The van der Waals surface area contributed by atoms with Gasteiger partial charge < -0.3 is 4.57 Å². The second-order valence-electron chi connectivity index (χ2n) is 4.66. The Hall–Kier alpha value is -1.65. The van der Waals surface area contributed by atoms with Crippen LogP contribution < -0.4 is 0 Å². The number of aryl methyl sites for hydroxylation is 2. The highest BCUT2D eigenvalue weighted by Crippen LogP contribution is 2.21. The van der Waals surface area contributed by atoms with E-state index in [-0.39, 0.29) is 0 Å². The third kappa shape index (κ3) is 1.97. The first-order valence-electron chi connectivity index (χ1n) is 6.26. The van der Waals surface area contributed by atoms with Crippen molar-refractivity contribution < 1.29 is 0 Å². The Bertz CT molecular complexity index is 511. The Balaban J connectivity index is 2.00. The summed E-state index contributed by atoms with van der Waals surface area (Å²) in [5.74, 6) is 2.10. The Morgan fingerprint density at radius 3 is 2.82 bits per heavy atom. The molecule has 0 atom stereocenters. The molecule has 0 N–H and O–H groups in total. The zero-order valence-electron chi connectivity index (χ0n) is 10.1. The summed E-state index contributed by atoms with van der Waals surface area (Å²) >= 11 is 0. The van der Waals surface area contributed by atoms with Crippen LogP contribution in [0.25, 0.3) is 11.4 Å². The van der Waals surface area contributed by atoms with Crippen molar-refractivity contribution in [3.05, 3.63) is 18.2 Å². The van der Waals surface area contributed by atoms with Crippen molar-refractivity contribution in [1.82, 2.24) is 24.5 Å². The van der Waals surface area contributed by atoms with E-state index in [1.54, 1.807) is 4.68 Å². The number of fused-ring (bicyclic) bond motifs is 1. The molecule has 0 unspecified atom stereocenters. The maximum absolute atomic E-state index is 4.32. The monoisotopic (exact) mass is 231 g/mol. The topological polar surface area (TPSA) is 48.5 Å². The predicted molar refractivity (Wildman–Crippen MR) is 64.4 cm³/mol. The van der Waals surface area contributed by atoms with Crippen molar-refractivity contribution >= 4 is 0 Å². The van der Waals surface area contributed by atoms with E-state index in [2.05, 4.69) is 19.9 Å². The molecule has 0 radical (unpaired) electrons. The number of hydrogen-bond acceptors (Lipinski definition) is 3. The lowest BCUT2D eigenvalue weighted by atomic mass is 10.1. The molecule has 0 spiro atoms. The smallest absolute Gasteiger partial charge is 0.167 e. The van der Waals surface area contributed by atoms with Crippen molar-refractivity contribution in [2.45, 2.75) is 38.6 Å². The molecule has 0 aromatic carbocycles. The highest BCUT2D eigenvalue weighted by atomic mass is 15.3. The van der Waals surface area contributed by atoms with Gasteiger partial charge in [0.25, 0.3) is 0 Å². The molecule has 3 heterocycles. The van der Waals surface area contributed by atoms with Crippen LogP contribution in [-0.4, -0.2) is 24.5 Å². The van der Waals surface area contributed by atoms with Gasteiger partial charge in [-0.2, -0.15) is 5.10 Å². The van der Waals surface area contributed by atoms with E-state index >= 15 is 0 Å². The van der Waals surface area contributed by atoms with Gasteiger partial charge in [0.05, 0.1) is 11.8 Å². The summed E-state index contributed by atoms with van der Waals surface area (Å²) in [6.45, 7) is 1.03. The minimum absolute atomic E-state index is 0.968. The molecular formula is C12H17N5. The van der Waals surface area contributed by atoms with E-state index in [0.29, 0.717) is 0 Å². The fourth-order valence-corrected chi connectivity index (χ4v) is 2.41. The molecule has 0 amide bonds. The van der Waals surface area contributed by atoms with Crippen molar-refractivity contribution in [2.75, 3.05) is 0 Å². The van der Waals surface area contributed by atoms with Gasteiger partial charge in [0, 0.05) is 26.2 Å². The number of rotatable bonds is 1. The van der Waals surface area contributed by atoms with Gasteiger partial charge in [0.1, 0.15) is 5.82 Å². The van der Waals surface area contributed by atoms with Crippen LogP contribution in [0.1, 0.15) is 31.5 Å².